The van der Waals surface area contributed by atoms with E-state index in [2.05, 4.69) is 19.8 Å². The molecule has 0 bridgehead atoms. The summed E-state index contributed by atoms with van der Waals surface area (Å²) in [7, 11) is 0. The van der Waals surface area contributed by atoms with Gasteiger partial charge in [0.15, 0.2) is 23.6 Å². The number of fused-ring (bicyclic) bond motifs is 1. The van der Waals surface area contributed by atoms with Gasteiger partial charge in [-0.15, -0.1) is 11.8 Å². The van der Waals surface area contributed by atoms with Gasteiger partial charge >= 0.3 is 0 Å². The number of nitrogen functional groups attached to an aromatic ring is 1. The van der Waals surface area contributed by atoms with E-state index in [0.717, 1.165) is 22.1 Å². The van der Waals surface area contributed by atoms with Crippen molar-refractivity contribution < 1.29 is 34.0 Å². The summed E-state index contributed by atoms with van der Waals surface area (Å²) in [4.78, 5) is 48.1. The van der Waals surface area contributed by atoms with Gasteiger partial charge in [-0.3, -0.25) is 14.5 Å². The lowest BCUT2D eigenvalue weighted by atomic mass is 10.0. The summed E-state index contributed by atoms with van der Waals surface area (Å²) >= 11 is 2.20. The van der Waals surface area contributed by atoms with Crippen LogP contribution in [0.3, 0.4) is 0 Å². The first kappa shape index (κ1) is 25.5. The Kier molecular flexibility index (Phi) is 7.81. The highest BCUT2D eigenvalue weighted by Gasteiger charge is 2.53. The summed E-state index contributed by atoms with van der Waals surface area (Å²) in [6, 6.07) is 4.47. The predicted octanol–water partition coefficient (Wildman–Crippen LogP) is -2.21. The van der Waals surface area contributed by atoms with Crippen LogP contribution in [0.5, 0.6) is 0 Å². The SMILES string of the molecule is CCON=C(C(=O)NC1C(=O)N2C(C(=O)[O-])=C(C[n+]3ccccc3CCO)CS[C@H]12)c1nsc(N)n1. The average molecular weight is 534 g/mol. The maximum Gasteiger partial charge on any atom is 0.278 e. The lowest BCUT2D eigenvalue weighted by Crippen LogP contribution is -2.71. The first-order valence-corrected chi connectivity index (χ1v) is 12.7. The first-order valence-electron chi connectivity index (χ1n) is 10.9. The number of nitrogens with zero attached hydrogens (tertiary/aromatic N) is 5. The van der Waals surface area contributed by atoms with Gasteiger partial charge in [0.25, 0.3) is 11.8 Å². The second-order valence-corrected chi connectivity index (χ2v) is 9.60. The van der Waals surface area contributed by atoms with Gasteiger partial charge in [0.2, 0.25) is 11.5 Å². The highest BCUT2D eigenvalue weighted by molar-refractivity contribution is 8.00. The van der Waals surface area contributed by atoms with Crippen LogP contribution in [-0.4, -0.2) is 73.2 Å². The number of carboxylic acids is 1. The van der Waals surface area contributed by atoms with Gasteiger partial charge < -0.3 is 30.9 Å². The average Bonchev–Trinajstić information content (AvgIpc) is 3.29. The molecule has 0 aromatic carbocycles. The molecule has 13 nitrogen and oxygen atoms in total. The normalized spacial score (nSPS) is 19.6. The fraction of sp³-hybridized carbons (Fsp3) is 0.381. The van der Waals surface area contributed by atoms with E-state index >= 15 is 0 Å². The number of aromatic nitrogens is 3. The number of aliphatic hydroxyl groups excluding tert-OH is 1. The van der Waals surface area contributed by atoms with Crippen molar-refractivity contribution in [1.29, 1.82) is 0 Å². The molecule has 0 radical (unpaired) electrons. The second-order valence-electron chi connectivity index (χ2n) is 7.71. The Morgan fingerprint density at radius 2 is 2.25 bits per heavy atom. The number of β-lactam (4-membered cyclic amide) rings is 1. The second kappa shape index (κ2) is 11.0. The summed E-state index contributed by atoms with van der Waals surface area (Å²) in [6.07, 6.45) is 2.17. The number of carbonyl (C=O) groups excluding carboxylic acids is 3. The predicted molar refractivity (Wildman–Crippen MR) is 127 cm³/mol. The van der Waals surface area contributed by atoms with E-state index in [1.807, 2.05) is 16.7 Å². The maximum absolute atomic E-state index is 13.0. The Bertz CT molecular complexity index is 1250. The highest BCUT2D eigenvalue weighted by atomic mass is 32.2. The molecule has 1 unspecified atom stereocenters. The van der Waals surface area contributed by atoms with Crippen LogP contribution in [-0.2, 0) is 32.2 Å². The zero-order valence-electron chi connectivity index (χ0n) is 19.1. The highest BCUT2D eigenvalue weighted by Crippen LogP contribution is 2.40. The number of nitrogens with two attached hydrogens (primary N) is 1. The third-order valence-electron chi connectivity index (χ3n) is 5.44. The fourth-order valence-electron chi connectivity index (χ4n) is 3.86. The number of hydrogen-bond acceptors (Lipinski definition) is 12. The Morgan fingerprint density at radius 1 is 1.44 bits per heavy atom. The summed E-state index contributed by atoms with van der Waals surface area (Å²) < 4.78 is 5.79. The molecule has 2 amide bonds. The number of carboxylic acid groups (broad SMARTS) is 1. The van der Waals surface area contributed by atoms with Gasteiger partial charge in [0.05, 0.1) is 24.7 Å². The molecule has 190 valence electrons. The van der Waals surface area contributed by atoms with Crippen LogP contribution in [0.15, 0.2) is 40.8 Å². The molecule has 1 fully saturated rings. The number of rotatable bonds is 10. The fourth-order valence-corrected chi connectivity index (χ4v) is 5.63. The molecule has 2 aliphatic rings. The third kappa shape index (κ3) is 5.03. The smallest absolute Gasteiger partial charge is 0.278 e. The molecule has 2 atom stereocenters. The van der Waals surface area contributed by atoms with E-state index in [-0.39, 0.29) is 42.1 Å². The Morgan fingerprint density at radius 3 is 2.92 bits per heavy atom. The summed E-state index contributed by atoms with van der Waals surface area (Å²) in [5.74, 6) is -2.56. The van der Waals surface area contributed by atoms with Gasteiger partial charge in [0.1, 0.15) is 18.0 Å². The minimum absolute atomic E-state index is 0.0421. The van der Waals surface area contributed by atoms with E-state index in [0.29, 0.717) is 17.7 Å². The molecule has 15 heteroatoms. The molecular weight excluding hydrogens is 510 g/mol. The van der Waals surface area contributed by atoms with Crippen LogP contribution in [0, 0.1) is 0 Å². The van der Waals surface area contributed by atoms with Crippen LogP contribution in [0.2, 0.25) is 0 Å². The summed E-state index contributed by atoms with van der Waals surface area (Å²) in [6.45, 7) is 2.02. The number of aliphatic carboxylic acids is 1. The zero-order valence-corrected chi connectivity index (χ0v) is 20.8. The van der Waals surface area contributed by atoms with E-state index in [1.54, 1.807) is 19.2 Å². The maximum atomic E-state index is 13.0. The minimum atomic E-state index is -1.48. The van der Waals surface area contributed by atoms with Crippen molar-refractivity contribution in [3.05, 3.63) is 47.2 Å². The lowest BCUT2D eigenvalue weighted by Gasteiger charge is -2.50. The molecule has 36 heavy (non-hydrogen) atoms. The quantitative estimate of drug-likeness (QED) is 0.131. The molecule has 1 saturated heterocycles. The summed E-state index contributed by atoms with van der Waals surface area (Å²) in [5, 5.41) is 27.2. The molecular formula is C21H23N7O6S2. The van der Waals surface area contributed by atoms with Gasteiger partial charge in [0, 0.05) is 35.0 Å². The Hall–Kier alpha value is -3.56. The molecule has 4 heterocycles. The number of carbonyl (C=O) groups is 3. The largest absolute Gasteiger partial charge is 0.543 e. The number of nitrogens with one attached hydrogen (secondary N) is 1. The molecule has 0 aliphatic carbocycles. The topological polar surface area (TPSA) is 187 Å². The molecule has 2 aliphatic heterocycles. The monoisotopic (exact) mass is 533 g/mol. The number of amides is 2. The van der Waals surface area contributed by atoms with Crippen molar-refractivity contribution in [2.24, 2.45) is 5.16 Å². The van der Waals surface area contributed by atoms with Crippen LogP contribution in [0.4, 0.5) is 5.13 Å². The number of anilines is 1. The minimum Gasteiger partial charge on any atom is -0.543 e. The number of oxime groups is 1. The standard InChI is InChI=1S/C21H23N7O6S2/c1-2-34-25-13(16-24-21(22)36-26-16)17(30)23-14-18(31)28-15(20(32)33)11(10-35-19(14)28)9-27-7-4-3-5-12(27)6-8-29/h3-5,7,14,19,29H,2,6,8-10H2,1H3,(H3-,22,23,24,26,30,32,33)/t14?,19-/m1/s1. The van der Waals surface area contributed by atoms with E-state index < -0.39 is 29.2 Å². The number of aliphatic hydroxyl groups is 1. The summed E-state index contributed by atoms with van der Waals surface area (Å²) in [5.41, 5.74) is 6.45. The van der Waals surface area contributed by atoms with E-state index in [4.69, 9.17) is 10.6 Å². The molecule has 0 saturated carbocycles. The van der Waals surface area contributed by atoms with Crippen LogP contribution in [0.1, 0.15) is 18.4 Å². The van der Waals surface area contributed by atoms with Crippen molar-refractivity contribution in [1.82, 2.24) is 19.6 Å². The first-order chi connectivity index (χ1) is 17.3. The van der Waals surface area contributed by atoms with Crippen molar-refractivity contribution in [2.45, 2.75) is 31.3 Å². The van der Waals surface area contributed by atoms with Gasteiger partial charge in [-0.25, -0.2) is 0 Å². The third-order valence-corrected chi connectivity index (χ3v) is 7.33. The zero-order chi connectivity index (χ0) is 25.8. The van der Waals surface area contributed by atoms with Crippen molar-refractivity contribution in [3.8, 4) is 0 Å². The lowest BCUT2D eigenvalue weighted by molar-refractivity contribution is -0.696. The van der Waals surface area contributed by atoms with Crippen LogP contribution >= 0.6 is 23.3 Å². The van der Waals surface area contributed by atoms with Crippen molar-refractivity contribution in [2.75, 3.05) is 24.7 Å². The van der Waals surface area contributed by atoms with Gasteiger partial charge in [-0.05, 0) is 6.92 Å². The Labute approximate surface area is 213 Å². The van der Waals surface area contributed by atoms with E-state index in [9.17, 15) is 24.6 Å². The van der Waals surface area contributed by atoms with E-state index in [1.165, 1.54) is 11.8 Å². The van der Waals surface area contributed by atoms with Crippen molar-refractivity contribution >= 4 is 51.9 Å². The molecule has 0 spiro atoms. The number of hydrogen-bond donors (Lipinski definition) is 3. The van der Waals surface area contributed by atoms with Crippen LogP contribution in [0.25, 0.3) is 0 Å². The molecule has 4 N–H and O–H groups in total. The number of pyridine rings is 1. The molecule has 2 aromatic heterocycles. The molecule has 2 aromatic rings. The number of thioether (sulfide) groups is 1. The van der Waals surface area contributed by atoms with Gasteiger partial charge in [-0.2, -0.15) is 13.9 Å². The van der Waals surface area contributed by atoms with Gasteiger partial charge in [-0.1, -0.05) is 11.2 Å². The molecule has 4 rings (SSSR count). The Balaban J connectivity index is 1.54. The van der Waals surface area contributed by atoms with Crippen molar-refractivity contribution in [3.63, 3.8) is 0 Å². The van der Waals surface area contributed by atoms with Crippen LogP contribution < -0.4 is 20.7 Å².